The molecule has 1 aliphatic heterocycles. The van der Waals surface area contributed by atoms with E-state index in [9.17, 15) is 5.11 Å². The van der Waals surface area contributed by atoms with Crippen molar-refractivity contribution in [3.63, 3.8) is 0 Å². The van der Waals surface area contributed by atoms with Crippen LogP contribution in [-0.4, -0.2) is 29.3 Å². The predicted molar refractivity (Wildman–Crippen MR) is 63.9 cm³/mol. The lowest BCUT2D eigenvalue weighted by molar-refractivity contribution is 0.198. The maximum atomic E-state index is 9.47. The lowest BCUT2D eigenvalue weighted by atomic mass is 10.2. The van der Waals surface area contributed by atoms with E-state index in [1.807, 2.05) is 6.92 Å². The molecule has 2 heterocycles. The van der Waals surface area contributed by atoms with Crippen molar-refractivity contribution >= 4 is 27.4 Å². The van der Waals surface area contributed by atoms with E-state index >= 15 is 0 Å². The van der Waals surface area contributed by atoms with Crippen LogP contribution in [0.2, 0.25) is 0 Å². The van der Waals surface area contributed by atoms with Gasteiger partial charge in [-0.1, -0.05) is 0 Å². The molecule has 2 rings (SSSR count). The van der Waals surface area contributed by atoms with Crippen LogP contribution in [0.5, 0.6) is 0 Å². The third-order valence-corrected chi connectivity index (χ3v) is 3.70. The number of nitrogens with two attached hydrogens (primary N) is 1. The normalized spacial score (nSPS) is 21.0. The van der Waals surface area contributed by atoms with Crippen LogP contribution >= 0.6 is 15.9 Å². The minimum absolute atomic E-state index is 0.239. The van der Waals surface area contributed by atoms with Crippen molar-refractivity contribution in [1.29, 1.82) is 0 Å². The molecule has 1 unspecified atom stereocenters. The molecule has 1 fully saturated rings. The first-order valence-corrected chi connectivity index (χ1v) is 5.72. The number of nitrogen functional groups attached to an aromatic ring is 1. The zero-order chi connectivity index (χ0) is 11.0. The Morgan fingerprint density at radius 1 is 1.67 bits per heavy atom. The van der Waals surface area contributed by atoms with Crippen molar-refractivity contribution in [1.82, 2.24) is 4.98 Å². The summed E-state index contributed by atoms with van der Waals surface area (Å²) in [5, 5.41) is 9.47. The number of hydrogen-bond acceptors (Lipinski definition) is 4. The molecule has 82 valence electrons. The Morgan fingerprint density at radius 2 is 2.40 bits per heavy atom. The van der Waals surface area contributed by atoms with Crippen LogP contribution in [0.3, 0.4) is 0 Å². The van der Waals surface area contributed by atoms with Crippen LogP contribution in [0.15, 0.2) is 10.7 Å². The molecule has 15 heavy (non-hydrogen) atoms. The van der Waals surface area contributed by atoms with E-state index in [0.29, 0.717) is 12.2 Å². The first-order valence-electron chi connectivity index (χ1n) is 4.93. The van der Waals surface area contributed by atoms with E-state index in [-0.39, 0.29) is 6.10 Å². The van der Waals surface area contributed by atoms with Crippen molar-refractivity contribution < 1.29 is 5.11 Å². The minimum atomic E-state index is -0.239. The summed E-state index contributed by atoms with van der Waals surface area (Å²) in [7, 11) is 0. The summed E-state index contributed by atoms with van der Waals surface area (Å²) in [5.41, 5.74) is 7.44. The molecule has 0 amide bonds. The summed E-state index contributed by atoms with van der Waals surface area (Å²) in [6.45, 7) is 3.45. The van der Waals surface area contributed by atoms with Gasteiger partial charge in [0.1, 0.15) is 5.82 Å². The number of nitrogens with zero attached hydrogens (tertiary/aromatic N) is 2. The van der Waals surface area contributed by atoms with E-state index in [1.165, 1.54) is 0 Å². The van der Waals surface area contributed by atoms with Crippen LogP contribution in [0.1, 0.15) is 12.0 Å². The molecule has 0 radical (unpaired) electrons. The van der Waals surface area contributed by atoms with E-state index < -0.39 is 0 Å². The van der Waals surface area contributed by atoms with Crippen LogP contribution in [0.4, 0.5) is 11.5 Å². The Labute approximate surface area is 97.2 Å². The number of aliphatic hydroxyl groups excluding tert-OH is 1. The maximum absolute atomic E-state index is 9.47. The molecule has 0 saturated carbocycles. The second kappa shape index (κ2) is 3.98. The Bertz CT molecular complexity index is 383. The van der Waals surface area contributed by atoms with Gasteiger partial charge in [-0.15, -0.1) is 0 Å². The molecule has 1 saturated heterocycles. The highest BCUT2D eigenvalue weighted by molar-refractivity contribution is 9.10. The van der Waals surface area contributed by atoms with Crippen molar-refractivity contribution in [2.24, 2.45) is 0 Å². The summed E-state index contributed by atoms with van der Waals surface area (Å²) in [6.07, 6.45) is 2.23. The number of aliphatic hydroxyl groups is 1. The van der Waals surface area contributed by atoms with Gasteiger partial charge in [0.05, 0.1) is 22.5 Å². The zero-order valence-electron chi connectivity index (χ0n) is 8.57. The van der Waals surface area contributed by atoms with Gasteiger partial charge in [-0.25, -0.2) is 4.98 Å². The van der Waals surface area contributed by atoms with E-state index in [1.54, 1.807) is 6.20 Å². The monoisotopic (exact) mass is 271 g/mol. The van der Waals surface area contributed by atoms with Crippen molar-refractivity contribution in [3.05, 3.63) is 16.2 Å². The second-order valence-corrected chi connectivity index (χ2v) is 4.66. The highest BCUT2D eigenvalue weighted by Crippen LogP contribution is 2.32. The fraction of sp³-hybridized carbons (Fsp3) is 0.500. The lowest BCUT2D eigenvalue weighted by Crippen LogP contribution is -2.23. The topological polar surface area (TPSA) is 62.4 Å². The van der Waals surface area contributed by atoms with Gasteiger partial charge in [0.2, 0.25) is 0 Å². The summed E-state index contributed by atoms with van der Waals surface area (Å²) in [6, 6.07) is 0. The molecule has 1 atom stereocenters. The molecular formula is C10H14BrN3O. The van der Waals surface area contributed by atoms with Gasteiger partial charge in [-0.2, -0.15) is 0 Å². The maximum Gasteiger partial charge on any atom is 0.143 e. The first-order chi connectivity index (χ1) is 7.09. The van der Waals surface area contributed by atoms with Crippen molar-refractivity contribution in [2.75, 3.05) is 23.7 Å². The molecule has 1 aromatic heterocycles. The zero-order valence-corrected chi connectivity index (χ0v) is 10.2. The molecular weight excluding hydrogens is 258 g/mol. The Balaban J connectivity index is 2.33. The van der Waals surface area contributed by atoms with Gasteiger partial charge in [-0.3, -0.25) is 0 Å². The Kier molecular flexibility index (Phi) is 2.84. The summed E-state index contributed by atoms with van der Waals surface area (Å²) in [5.74, 6) is 0.873. The largest absolute Gasteiger partial charge is 0.397 e. The summed E-state index contributed by atoms with van der Waals surface area (Å²) >= 11 is 3.50. The van der Waals surface area contributed by atoms with Gasteiger partial charge in [0, 0.05) is 13.1 Å². The molecule has 0 bridgehead atoms. The van der Waals surface area contributed by atoms with Gasteiger partial charge in [0.25, 0.3) is 0 Å². The summed E-state index contributed by atoms with van der Waals surface area (Å²) in [4.78, 5) is 6.37. The number of halogens is 1. The smallest absolute Gasteiger partial charge is 0.143 e. The number of pyridine rings is 1. The van der Waals surface area contributed by atoms with E-state index in [2.05, 4.69) is 25.8 Å². The number of β-amino-alcohol motifs (C(OH)–C–C–N with tert-alkyl or cyclic N) is 1. The van der Waals surface area contributed by atoms with Crippen LogP contribution < -0.4 is 10.6 Å². The highest BCUT2D eigenvalue weighted by Gasteiger charge is 2.23. The highest BCUT2D eigenvalue weighted by atomic mass is 79.9. The Hall–Kier alpha value is -0.810. The molecule has 1 aromatic rings. The van der Waals surface area contributed by atoms with Crippen LogP contribution in [0.25, 0.3) is 0 Å². The van der Waals surface area contributed by atoms with Gasteiger partial charge >= 0.3 is 0 Å². The minimum Gasteiger partial charge on any atom is -0.397 e. The van der Waals surface area contributed by atoms with Gasteiger partial charge < -0.3 is 15.7 Å². The quantitative estimate of drug-likeness (QED) is 0.809. The second-order valence-electron chi connectivity index (χ2n) is 3.86. The van der Waals surface area contributed by atoms with Crippen molar-refractivity contribution in [2.45, 2.75) is 19.4 Å². The molecule has 0 spiro atoms. The molecule has 3 N–H and O–H groups in total. The number of hydrogen-bond donors (Lipinski definition) is 2. The third kappa shape index (κ3) is 1.94. The average molecular weight is 272 g/mol. The fourth-order valence-corrected chi connectivity index (χ4v) is 2.32. The van der Waals surface area contributed by atoms with Gasteiger partial charge in [-0.05, 0) is 34.8 Å². The number of rotatable bonds is 1. The average Bonchev–Trinajstić information content (AvgIpc) is 2.61. The molecule has 4 nitrogen and oxygen atoms in total. The Morgan fingerprint density at radius 3 is 3.00 bits per heavy atom. The number of anilines is 2. The molecule has 0 aliphatic carbocycles. The lowest BCUT2D eigenvalue weighted by Gasteiger charge is -2.19. The van der Waals surface area contributed by atoms with Gasteiger partial charge in [0.15, 0.2) is 0 Å². The molecule has 0 aromatic carbocycles. The predicted octanol–water partition coefficient (Wildman–Crippen LogP) is 1.31. The SMILES string of the molecule is Cc1c(N)cnc(N2CCC(O)C2)c1Br. The standard InChI is InChI=1S/C10H14BrN3O/c1-6-8(12)4-13-10(9(6)11)14-3-2-7(15)5-14/h4,7,15H,2-3,5,12H2,1H3. The molecule has 5 heteroatoms. The third-order valence-electron chi connectivity index (χ3n) is 2.75. The van der Waals surface area contributed by atoms with Crippen LogP contribution in [-0.2, 0) is 0 Å². The number of aromatic nitrogens is 1. The summed E-state index contributed by atoms with van der Waals surface area (Å²) < 4.78 is 0.927. The van der Waals surface area contributed by atoms with Crippen molar-refractivity contribution in [3.8, 4) is 0 Å². The molecule has 1 aliphatic rings. The van der Waals surface area contributed by atoms with E-state index in [4.69, 9.17) is 5.73 Å². The van der Waals surface area contributed by atoms with Crippen LogP contribution in [0, 0.1) is 6.92 Å². The van der Waals surface area contributed by atoms with E-state index in [0.717, 1.165) is 28.8 Å². The fourth-order valence-electron chi connectivity index (χ4n) is 1.73. The first kappa shape index (κ1) is 10.7.